The lowest BCUT2D eigenvalue weighted by atomic mass is 10.0. The van der Waals surface area contributed by atoms with Gasteiger partial charge in [-0.2, -0.15) is 0 Å². The van der Waals surface area contributed by atoms with Crippen LogP contribution in [0.15, 0.2) is 84.9 Å². The number of aryl methyl sites for hydroxylation is 4. The van der Waals surface area contributed by atoms with E-state index in [-0.39, 0.29) is 0 Å². The zero-order valence-electron chi connectivity index (χ0n) is 21.6. The first-order valence-electron chi connectivity index (χ1n) is 12.4. The maximum Gasteiger partial charge on any atom is 0.137 e. The molecule has 0 bridgehead atoms. The zero-order chi connectivity index (χ0) is 25.8. The monoisotopic (exact) mass is 486 g/mol. The molecule has 5 aromatic rings. The molecule has 0 unspecified atom stereocenters. The molecule has 2 N–H and O–H groups in total. The van der Waals surface area contributed by atoms with E-state index in [1.165, 1.54) is 11.1 Å². The van der Waals surface area contributed by atoms with E-state index in [4.69, 9.17) is 4.98 Å². The minimum atomic E-state index is 0.714. The van der Waals surface area contributed by atoms with E-state index >= 15 is 0 Å². The number of nitrogens with zero attached hydrogens (tertiary/aromatic N) is 4. The predicted octanol–water partition coefficient (Wildman–Crippen LogP) is 7.25. The molecule has 0 atom stereocenters. The van der Waals surface area contributed by atoms with Gasteiger partial charge < -0.3 is 10.6 Å². The van der Waals surface area contributed by atoms with Crippen LogP contribution in [0.1, 0.15) is 34.0 Å². The highest BCUT2D eigenvalue weighted by Crippen LogP contribution is 2.27. The molecule has 0 fully saturated rings. The smallest absolute Gasteiger partial charge is 0.137 e. The van der Waals surface area contributed by atoms with E-state index in [1.807, 2.05) is 63.2 Å². The second kappa shape index (κ2) is 10.6. The van der Waals surface area contributed by atoms with Crippen LogP contribution in [0.4, 0.5) is 23.0 Å². The minimum Gasteiger partial charge on any atom is -0.340 e. The highest BCUT2D eigenvalue weighted by molar-refractivity contribution is 5.70. The summed E-state index contributed by atoms with van der Waals surface area (Å²) in [5.74, 6) is 3.03. The Morgan fingerprint density at radius 2 is 1.32 bits per heavy atom. The van der Waals surface area contributed by atoms with E-state index in [0.717, 1.165) is 57.8 Å². The molecule has 6 heteroatoms. The van der Waals surface area contributed by atoms with Crippen LogP contribution in [0.25, 0.3) is 11.3 Å². The lowest BCUT2D eigenvalue weighted by Gasteiger charge is -2.15. The number of benzene rings is 3. The molecule has 0 amide bonds. The van der Waals surface area contributed by atoms with Crippen molar-refractivity contribution in [2.75, 3.05) is 10.6 Å². The van der Waals surface area contributed by atoms with E-state index in [0.29, 0.717) is 5.82 Å². The molecule has 184 valence electrons. The maximum atomic E-state index is 4.75. The van der Waals surface area contributed by atoms with Crippen molar-refractivity contribution in [3.63, 3.8) is 0 Å². The van der Waals surface area contributed by atoms with Gasteiger partial charge in [-0.3, -0.25) is 0 Å². The Morgan fingerprint density at radius 3 is 2.08 bits per heavy atom. The fourth-order valence-corrected chi connectivity index (χ4v) is 4.31. The molecule has 3 aromatic carbocycles. The molecular formula is C31H30N6. The van der Waals surface area contributed by atoms with Crippen LogP contribution >= 0.6 is 0 Å². The molecule has 2 aromatic heterocycles. The number of aromatic nitrogens is 4. The summed E-state index contributed by atoms with van der Waals surface area (Å²) in [4.78, 5) is 18.6. The molecule has 0 saturated heterocycles. The van der Waals surface area contributed by atoms with Gasteiger partial charge in [0.25, 0.3) is 0 Å². The zero-order valence-corrected chi connectivity index (χ0v) is 21.6. The Balaban J connectivity index is 1.40. The second-order valence-corrected chi connectivity index (χ2v) is 9.23. The second-order valence-electron chi connectivity index (χ2n) is 9.23. The average Bonchev–Trinajstić information content (AvgIpc) is 2.88. The summed E-state index contributed by atoms with van der Waals surface area (Å²) in [5.41, 5.74) is 8.35. The summed E-state index contributed by atoms with van der Waals surface area (Å²) in [5, 5.41) is 6.98. The molecular weight excluding hydrogens is 456 g/mol. The average molecular weight is 487 g/mol. The normalized spacial score (nSPS) is 10.8. The Kier molecular flexibility index (Phi) is 6.90. The highest BCUT2D eigenvalue weighted by Gasteiger charge is 2.12. The molecule has 6 nitrogen and oxygen atoms in total. The number of anilines is 4. The third-order valence-electron chi connectivity index (χ3n) is 6.13. The van der Waals surface area contributed by atoms with Gasteiger partial charge in [-0.1, -0.05) is 66.2 Å². The van der Waals surface area contributed by atoms with Gasteiger partial charge in [0.1, 0.15) is 23.3 Å². The van der Waals surface area contributed by atoms with Crippen molar-refractivity contribution < 1.29 is 0 Å². The quantitative estimate of drug-likeness (QED) is 0.252. The Bertz CT molecular complexity index is 1530. The number of hydrogen-bond donors (Lipinski definition) is 2. The van der Waals surface area contributed by atoms with Gasteiger partial charge in [-0.05, 0) is 51.5 Å². The molecule has 0 spiro atoms. The largest absolute Gasteiger partial charge is 0.340 e. The fraction of sp³-hybridized carbons (Fsp3) is 0.161. The Labute approximate surface area is 217 Å². The number of rotatable bonds is 7. The van der Waals surface area contributed by atoms with Gasteiger partial charge in [0.05, 0.1) is 5.69 Å². The van der Waals surface area contributed by atoms with E-state index in [1.54, 1.807) is 0 Å². The first-order chi connectivity index (χ1) is 17.9. The van der Waals surface area contributed by atoms with Crippen molar-refractivity contribution in [3.05, 3.63) is 119 Å². The third kappa shape index (κ3) is 5.98. The fourth-order valence-electron chi connectivity index (χ4n) is 4.31. The van der Waals surface area contributed by atoms with Crippen LogP contribution in [0, 0.1) is 27.7 Å². The maximum absolute atomic E-state index is 4.75. The topological polar surface area (TPSA) is 75.6 Å². The highest BCUT2D eigenvalue weighted by atomic mass is 15.1. The molecule has 5 rings (SSSR count). The van der Waals surface area contributed by atoms with E-state index in [2.05, 4.69) is 75.0 Å². The first-order valence-corrected chi connectivity index (χ1v) is 12.4. The van der Waals surface area contributed by atoms with Crippen LogP contribution in [0.5, 0.6) is 0 Å². The van der Waals surface area contributed by atoms with E-state index < -0.39 is 0 Å². The number of nitrogens with one attached hydrogen (secondary N) is 2. The summed E-state index contributed by atoms with van der Waals surface area (Å²) in [7, 11) is 0. The standard InChI is InChI=1S/C31H30N6/c1-20-13-15-24(16-14-20)17-28-21(2)32-22(3)35-31(28)37-27-12-8-11-26(18-27)36-30-19-29(33-23(4)34-30)25-9-6-5-7-10-25/h5-16,18-19H,17H2,1-4H3,(H,32,35,37)(H,33,34,36). The van der Waals surface area contributed by atoms with Crippen LogP contribution in [-0.4, -0.2) is 19.9 Å². The Morgan fingerprint density at radius 1 is 0.622 bits per heavy atom. The van der Waals surface area contributed by atoms with Gasteiger partial charge in [0, 0.05) is 40.7 Å². The minimum absolute atomic E-state index is 0.714. The van der Waals surface area contributed by atoms with Gasteiger partial charge in [0.15, 0.2) is 0 Å². The van der Waals surface area contributed by atoms with Crippen LogP contribution in [0.2, 0.25) is 0 Å². The predicted molar refractivity (Wildman–Crippen MR) is 151 cm³/mol. The summed E-state index contributed by atoms with van der Waals surface area (Å²) in [6.45, 7) is 7.98. The van der Waals surface area contributed by atoms with Crippen molar-refractivity contribution in [3.8, 4) is 11.3 Å². The van der Waals surface area contributed by atoms with Gasteiger partial charge in [0.2, 0.25) is 0 Å². The van der Waals surface area contributed by atoms with E-state index in [9.17, 15) is 0 Å². The molecule has 0 aliphatic carbocycles. The molecule has 0 aliphatic heterocycles. The van der Waals surface area contributed by atoms with Crippen LogP contribution in [0.3, 0.4) is 0 Å². The van der Waals surface area contributed by atoms with Crippen molar-refractivity contribution in [2.45, 2.75) is 34.1 Å². The molecule has 37 heavy (non-hydrogen) atoms. The third-order valence-corrected chi connectivity index (χ3v) is 6.13. The molecule has 0 radical (unpaired) electrons. The summed E-state index contributed by atoms with van der Waals surface area (Å²) < 4.78 is 0. The SMILES string of the molecule is Cc1ccc(Cc2c(C)nc(C)nc2Nc2cccc(Nc3cc(-c4ccccc4)nc(C)n3)c2)cc1. The summed E-state index contributed by atoms with van der Waals surface area (Å²) in [6, 6.07) is 28.8. The summed E-state index contributed by atoms with van der Waals surface area (Å²) in [6.07, 6.45) is 0.759. The van der Waals surface area contributed by atoms with Gasteiger partial charge >= 0.3 is 0 Å². The van der Waals surface area contributed by atoms with Gasteiger partial charge in [-0.15, -0.1) is 0 Å². The molecule has 0 saturated carbocycles. The molecule has 2 heterocycles. The van der Waals surface area contributed by atoms with Crippen molar-refractivity contribution >= 4 is 23.0 Å². The summed E-state index contributed by atoms with van der Waals surface area (Å²) >= 11 is 0. The first kappa shape index (κ1) is 24.1. The van der Waals surface area contributed by atoms with Crippen LogP contribution in [-0.2, 0) is 6.42 Å². The van der Waals surface area contributed by atoms with Gasteiger partial charge in [-0.25, -0.2) is 19.9 Å². The van der Waals surface area contributed by atoms with Crippen molar-refractivity contribution in [1.82, 2.24) is 19.9 Å². The van der Waals surface area contributed by atoms with Crippen LogP contribution < -0.4 is 10.6 Å². The number of hydrogen-bond acceptors (Lipinski definition) is 6. The molecule has 0 aliphatic rings. The van der Waals surface area contributed by atoms with Crippen molar-refractivity contribution in [2.24, 2.45) is 0 Å². The van der Waals surface area contributed by atoms with Crippen molar-refractivity contribution in [1.29, 1.82) is 0 Å². The lowest BCUT2D eigenvalue weighted by molar-refractivity contribution is 0.965. The Hall–Kier alpha value is -4.58. The lowest BCUT2D eigenvalue weighted by Crippen LogP contribution is -2.07.